The maximum Gasteiger partial charge on any atom is 0.215 e. The first-order valence-electron chi connectivity index (χ1n) is 9.89. The molecule has 5 heteroatoms. The highest BCUT2D eigenvalue weighted by Gasteiger charge is 2.12. The minimum atomic E-state index is -3.28. The lowest BCUT2D eigenvalue weighted by atomic mass is 10.1. The number of rotatable bonds is 8. The Bertz CT molecular complexity index is 808. The molecule has 1 N–H and O–H groups in total. The number of nitrogens with one attached hydrogen (secondary N) is 1. The number of aryl methyl sites for hydroxylation is 2. The van der Waals surface area contributed by atoms with Gasteiger partial charge in [0.1, 0.15) is 0 Å². The second-order valence-corrected chi connectivity index (χ2v) is 9.26. The van der Waals surface area contributed by atoms with Crippen LogP contribution in [0.4, 0.5) is 5.69 Å². The molecule has 0 bridgehead atoms. The van der Waals surface area contributed by atoms with Gasteiger partial charge in [-0.3, -0.25) is 0 Å². The van der Waals surface area contributed by atoms with E-state index in [0.29, 0.717) is 6.54 Å². The van der Waals surface area contributed by atoms with E-state index in [9.17, 15) is 8.42 Å². The Kier molecular flexibility index (Phi) is 6.91. The van der Waals surface area contributed by atoms with E-state index in [0.717, 1.165) is 37.1 Å². The van der Waals surface area contributed by atoms with Crippen molar-refractivity contribution in [2.24, 2.45) is 0 Å². The van der Waals surface area contributed by atoms with E-state index < -0.39 is 10.0 Å². The number of hydrogen-bond donors (Lipinski definition) is 1. The zero-order valence-corrected chi connectivity index (χ0v) is 17.0. The van der Waals surface area contributed by atoms with E-state index in [-0.39, 0.29) is 5.75 Å². The van der Waals surface area contributed by atoms with Gasteiger partial charge in [0, 0.05) is 25.3 Å². The van der Waals surface area contributed by atoms with Gasteiger partial charge in [0.2, 0.25) is 10.0 Å². The third-order valence-electron chi connectivity index (χ3n) is 5.10. The van der Waals surface area contributed by atoms with Crippen molar-refractivity contribution in [1.29, 1.82) is 0 Å². The molecule has 0 saturated carbocycles. The zero-order chi connectivity index (χ0) is 19.1. The lowest BCUT2D eigenvalue weighted by Crippen LogP contribution is -2.29. The number of sulfonamides is 1. The Labute approximate surface area is 163 Å². The first-order valence-corrected chi connectivity index (χ1v) is 11.5. The zero-order valence-electron chi connectivity index (χ0n) is 16.2. The van der Waals surface area contributed by atoms with E-state index >= 15 is 0 Å². The van der Waals surface area contributed by atoms with Crippen LogP contribution in [0, 0.1) is 6.92 Å². The highest BCUT2D eigenvalue weighted by molar-refractivity contribution is 7.88. The fraction of sp³-hybridized carbons (Fsp3) is 0.455. The molecule has 4 nitrogen and oxygen atoms in total. The first kappa shape index (κ1) is 19.9. The fourth-order valence-electron chi connectivity index (χ4n) is 3.50. The summed E-state index contributed by atoms with van der Waals surface area (Å²) in [6, 6.07) is 16.4. The summed E-state index contributed by atoms with van der Waals surface area (Å²) in [5.74, 6) is 0.0395. The number of hydrogen-bond acceptors (Lipinski definition) is 3. The molecule has 0 aromatic heterocycles. The molecule has 0 radical (unpaired) electrons. The largest absolute Gasteiger partial charge is 0.372 e. The summed E-state index contributed by atoms with van der Waals surface area (Å²) in [5, 5.41) is 0. The van der Waals surface area contributed by atoms with E-state index in [1.165, 1.54) is 30.5 Å². The average Bonchev–Trinajstić information content (AvgIpc) is 2.68. The predicted octanol–water partition coefficient (Wildman–Crippen LogP) is 4.04. The van der Waals surface area contributed by atoms with Gasteiger partial charge in [0.05, 0.1) is 5.75 Å². The Balaban J connectivity index is 1.42. The van der Waals surface area contributed by atoms with Crippen LogP contribution < -0.4 is 9.62 Å². The molecule has 0 amide bonds. The van der Waals surface area contributed by atoms with Crippen LogP contribution in [0.3, 0.4) is 0 Å². The van der Waals surface area contributed by atoms with Gasteiger partial charge in [-0.05, 0) is 62.3 Å². The van der Waals surface area contributed by atoms with Crippen molar-refractivity contribution in [3.8, 4) is 0 Å². The van der Waals surface area contributed by atoms with Crippen molar-refractivity contribution in [3.05, 3.63) is 65.2 Å². The van der Waals surface area contributed by atoms with Gasteiger partial charge in [-0.15, -0.1) is 0 Å². The number of nitrogens with zero attached hydrogens (tertiary/aromatic N) is 1. The first-order chi connectivity index (χ1) is 13.0. The molecule has 1 fully saturated rings. The van der Waals surface area contributed by atoms with Crippen LogP contribution in [0.5, 0.6) is 0 Å². The monoisotopic (exact) mass is 386 g/mol. The Hall–Kier alpha value is -1.85. The minimum absolute atomic E-state index is 0.0395. The number of anilines is 1. The SMILES string of the molecule is Cc1ccc(CS(=O)(=O)NCCCc2ccc(N3CCCCC3)cc2)cc1. The second-order valence-electron chi connectivity index (χ2n) is 7.46. The summed E-state index contributed by atoms with van der Waals surface area (Å²) in [7, 11) is -3.28. The molecule has 1 saturated heterocycles. The molecule has 0 aliphatic carbocycles. The molecule has 1 heterocycles. The standard InChI is InChI=1S/C22H30N2O2S/c1-19-7-9-21(10-8-19)18-27(25,26)23-15-5-6-20-11-13-22(14-12-20)24-16-3-2-4-17-24/h7-14,23H,2-6,15-18H2,1H3. The topological polar surface area (TPSA) is 49.4 Å². The smallest absolute Gasteiger partial charge is 0.215 e. The van der Waals surface area contributed by atoms with E-state index in [2.05, 4.69) is 33.9 Å². The molecule has 0 spiro atoms. The van der Waals surface area contributed by atoms with Gasteiger partial charge >= 0.3 is 0 Å². The summed E-state index contributed by atoms with van der Waals surface area (Å²) >= 11 is 0. The van der Waals surface area contributed by atoms with Crippen LogP contribution in [-0.4, -0.2) is 28.1 Å². The molecule has 27 heavy (non-hydrogen) atoms. The minimum Gasteiger partial charge on any atom is -0.372 e. The normalized spacial score (nSPS) is 15.1. The molecule has 0 atom stereocenters. The lowest BCUT2D eigenvalue weighted by molar-refractivity contribution is 0.577. The Morgan fingerprint density at radius 2 is 1.52 bits per heavy atom. The molecule has 1 aliphatic heterocycles. The third kappa shape index (κ3) is 6.36. The summed E-state index contributed by atoms with van der Waals surface area (Å²) < 4.78 is 27.1. The summed E-state index contributed by atoms with van der Waals surface area (Å²) in [4.78, 5) is 2.45. The molecule has 2 aromatic rings. The van der Waals surface area contributed by atoms with Crippen LogP contribution in [0.15, 0.2) is 48.5 Å². The van der Waals surface area contributed by atoms with Crippen molar-refractivity contribution in [3.63, 3.8) is 0 Å². The summed E-state index contributed by atoms with van der Waals surface area (Å²) in [5.41, 5.74) is 4.52. The summed E-state index contributed by atoms with van der Waals surface area (Å²) in [6.45, 7) is 4.78. The van der Waals surface area contributed by atoms with Crippen LogP contribution >= 0.6 is 0 Å². The Morgan fingerprint density at radius 1 is 0.889 bits per heavy atom. The maximum absolute atomic E-state index is 12.2. The molecular formula is C22H30N2O2S. The van der Waals surface area contributed by atoms with Crippen molar-refractivity contribution in [1.82, 2.24) is 4.72 Å². The van der Waals surface area contributed by atoms with Crippen molar-refractivity contribution in [2.45, 2.75) is 44.8 Å². The van der Waals surface area contributed by atoms with Crippen LogP contribution in [0.1, 0.15) is 42.4 Å². The van der Waals surface area contributed by atoms with Crippen LogP contribution in [-0.2, 0) is 22.2 Å². The third-order valence-corrected chi connectivity index (χ3v) is 6.46. The van der Waals surface area contributed by atoms with Crippen LogP contribution in [0.2, 0.25) is 0 Å². The fourth-order valence-corrected chi connectivity index (χ4v) is 4.69. The van der Waals surface area contributed by atoms with Gasteiger partial charge in [0.15, 0.2) is 0 Å². The average molecular weight is 387 g/mol. The van der Waals surface area contributed by atoms with E-state index in [4.69, 9.17) is 0 Å². The second kappa shape index (κ2) is 9.38. The number of benzene rings is 2. The predicted molar refractivity (Wildman–Crippen MR) is 113 cm³/mol. The van der Waals surface area contributed by atoms with Gasteiger partial charge in [-0.1, -0.05) is 42.0 Å². The highest BCUT2D eigenvalue weighted by atomic mass is 32.2. The van der Waals surface area contributed by atoms with Crippen molar-refractivity contribution >= 4 is 15.7 Å². The summed E-state index contributed by atoms with van der Waals surface area (Å²) in [6.07, 6.45) is 5.59. The quantitative estimate of drug-likeness (QED) is 0.697. The molecular weight excluding hydrogens is 356 g/mol. The maximum atomic E-state index is 12.2. The van der Waals surface area contributed by atoms with E-state index in [1.54, 1.807) is 0 Å². The van der Waals surface area contributed by atoms with Gasteiger partial charge in [-0.2, -0.15) is 0 Å². The van der Waals surface area contributed by atoms with Gasteiger partial charge in [-0.25, -0.2) is 13.1 Å². The Morgan fingerprint density at radius 3 is 2.19 bits per heavy atom. The molecule has 0 unspecified atom stereocenters. The highest BCUT2D eigenvalue weighted by Crippen LogP contribution is 2.20. The van der Waals surface area contributed by atoms with Gasteiger partial charge < -0.3 is 4.90 Å². The molecule has 3 rings (SSSR count). The molecule has 2 aromatic carbocycles. The molecule has 146 valence electrons. The molecule has 1 aliphatic rings. The van der Waals surface area contributed by atoms with Crippen LogP contribution in [0.25, 0.3) is 0 Å². The van der Waals surface area contributed by atoms with Gasteiger partial charge in [0.25, 0.3) is 0 Å². The van der Waals surface area contributed by atoms with Crippen molar-refractivity contribution in [2.75, 3.05) is 24.5 Å². The van der Waals surface area contributed by atoms with Crippen molar-refractivity contribution < 1.29 is 8.42 Å². The lowest BCUT2D eigenvalue weighted by Gasteiger charge is -2.28. The van der Waals surface area contributed by atoms with E-state index in [1.807, 2.05) is 31.2 Å². The number of piperidine rings is 1.